The van der Waals surface area contributed by atoms with Gasteiger partial charge >= 0.3 is 0 Å². The van der Waals surface area contributed by atoms with Gasteiger partial charge in [0, 0.05) is 5.56 Å². The lowest BCUT2D eigenvalue weighted by molar-refractivity contribution is 0.0964. The van der Waals surface area contributed by atoms with Gasteiger partial charge < -0.3 is 4.74 Å². The van der Waals surface area contributed by atoms with Gasteiger partial charge in [0.2, 0.25) is 5.88 Å². The van der Waals surface area contributed by atoms with Crippen LogP contribution in [-0.4, -0.2) is 16.1 Å². The summed E-state index contributed by atoms with van der Waals surface area (Å²) < 4.78 is 6.02. The Labute approximate surface area is 108 Å². The number of hydrogen-bond acceptors (Lipinski definition) is 3. The Bertz CT molecular complexity index is 409. The lowest BCUT2D eigenvalue weighted by Gasteiger charge is -2.29. The minimum atomic E-state index is 0.271. The molecule has 4 heteroatoms. The van der Waals surface area contributed by atoms with Crippen LogP contribution < -0.4 is 4.74 Å². The van der Waals surface area contributed by atoms with E-state index in [0.29, 0.717) is 22.8 Å². The summed E-state index contributed by atoms with van der Waals surface area (Å²) in [5.74, 6) is 1.91. The second kappa shape index (κ2) is 5.21. The zero-order chi connectivity index (χ0) is 12.4. The third-order valence-electron chi connectivity index (χ3n) is 3.45. The molecule has 1 aliphatic carbocycles. The summed E-state index contributed by atoms with van der Waals surface area (Å²) in [6.07, 6.45) is 5.17. The van der Waals surface area contributed by atoms with Crippen molar-refractivity contribution >= 4 is 11.6 Å². The Morgan fingerprint density at radius 2 is 1.88 bits per heavy atom. The highest BCUT2D eigenvalue weighted by Gasteiger charge is 2.24. The predicted octanol–water partition coefficient (Wildman–Crippen LogP) is 3.70. The number of aromatic nitrogens is 2. The molecule has 2 atom stereocenters. The van der Waals surface area contributed by atoms with Crippen LogP contribution in [0.25, 0.3) is 0 Å². The lowest BCUT2D eigenvalue weighted by Crippen LogP contribution is -2.29. The highest BCUT2D eigenvalue weighted by Crippen LogP contribution is 2.30. The summed E-state index contributed by atoms with van der Waals surface area (Å²) in [6.45, 7) is 5.99. The van der Waals surface area contributed by atoms with E-state index in [1.165, 1.54) is 19.3 Å². The van der Waals surface area contributed by atoms with Gasteiger partial charge in [0.05, 0.1) is 0 Å². The average Bonchev–Trinajstić information content (AvgIpc) is 2.28. The van der Waals surface area contributed by atoms with Gasteiger partial charge in [-0.1, -0.05) is 24.9 Å². The number of aryl methyl sites for hydroxylation is 1. The lowest BCUT2D eigenvalue weighted by atomic mass is 9.88. The summed E-state index contributed by atoms with van der Waals surface area (Å²) >= 11 is 6.04. The van der Waals surface area contributed by atoms with E-state index in [1.54, 1.807) is 0 Å². The summed E-state index contributed by atoms with van der Waals surface area (Å²) in [6, 6.07) is 0. The van der Waals surface area contributed by atoms with Crippen LogP contribution in [0.2, 0.25) is 5.15 Å². The van der Waals surface area contributed by atoms with E-state index in [2.05, 4.69) is 16.9 Å². The van der Waals surface area contributed by atoms with Gasteiger partial charge in [-0.05, 0) is 39.0 Å². The van der Waals surface area contributed by atoms with Crippen molar-refractivity contribution in [2.24, 2.45) is 5.92 Å². The van der Waals surface area contributed by atoms with Crippen molar-refractivity contribution in [3.63, 3.8) is 0 Å². The maximum atomic E-state index is 6.04. The Hall–Kier alpha value is -0.830. The molecule has 2 unspecified atom stereocenters. The standard InChI is InChI=1S/C13H19ClN2O/c1-8-6-4-5-7-11(8)17-13-9(2)12(14)15-10(3)16-13/h8,11H,4-7H2,1-3H3. The molecule has 0 aromatic carbocycles. The Morgan fingerprint density at radius 3 is 2.59 bits per heavy atom. The van der Waals surface area contributed by atoms with E-state index in [0.717, 1.165) is 12.0 Å². The second-order valence-electron chi connectivity index (χ2n) is 4.91. The average molecular weight is 255 g/mol. The smallest absolute Gasteiger partial charge is 0.221 e. The highest BCUT2D eigenvalue weighted by atomic mass is 35.5. The van der Waals surface area contributed by atoms with Crippen LogP contribution in [-0.2, 0) is 0 Å². The summed E-state index contributed by atoms with van der Waals surface area (Å²) in [5.41, 5.74) is 0.843. The maximum Gasteiger partial charge on any atom is 0.221 e. The maximum absolute atomic E-state index is 6.04. The van der Waals surface area contributed by atoms with E-state index >= 15 is 0 Å². The Kier molecular flexibility index (Phi) is 3.87. The third-order valence-corrected chi connectivity index (χ3v) is 3.82. The fourth-order valence-electron chi connectivity index (χ4n) is 2.29. The molecule has 1 aromatic heterocycles. The number of rotatable bonds is 2. The van der Waals surface area contributed by atoms with Gasteiger partial charge in [-0.15, -0.1) is 0 Å². The molecule has 1 heterocycles. The van der Waals surface area contributed by atoms with Crippen molar-refractivity contribution in [2.75, 3.05) is 0 Å². The third kappa shape index (κ3) is 2.89. The SMILES string of the molecule is Cc1nc(Cl)c(C)c(OC2CCCCC2C)n1. The molecule has 1 saturated carbocycles. The van der Waals surface area contributed by atoms with Gasteiger partial charge in [-0.2, -0.15) is 4.98 Å². The quantitative estimate of drug-likeness (QED) is 0.755. The topological polar surface area (TPSA) is 35.0 Å². The molecule has 94 valence electrons. The first kappa shape index (κ1) is 12.6. The molecule has 17 heavy (non-hydrogen) atoms. The molecule has 0 bridgehead atoms. The van der Waals surface area contributed by atoms with Crippen molar-refractivity contribution in [1.82, 2.24) is 9.97 Å². The van der Waals surface area contributed by atoms with Gasteiger partial charge in [-0.3, -0.25) is 0 Å². The van der Waals surface area contributed by atoms with Crippen LogP contribution in [0.15, 0.2) is 0 Å². The van der Waals surface area contributed by atoms with Gasteiger partial charge in [0.1, 0.15) is 17.1 Å². The van der Waals surface area contributed by atoms with Crippen molar-refractivity contribution in [1.29, 1.82) is 0 Å². The van der Waals surface area contributed by atoms with E-state index in [4.69, 9.17) is 16.3 Å². The number of hydrogen-bond donors (Lipinski definition) is 0. The normalized spacial score (nSPS) is 24.7. The molecule has 1 aliphatic rings. The molecule has 0 spiro atoms. The molecule has 3 nitrogen and oxygen atoms in total. The number of nitrogens with zero attached hydrogens (tertiary/aromatic N) is 2. The van der Waals surface area contributed by atoms with Crippen molar-refractivity contribution in [3.05, 3.63) is 16.5 Å². The summed E-state index contributed by atoms with van der Waals surface area (Å²) in [7, 11) is 0. The highest BCUT2D eigenvalue weighted by molar-refractivity contribution is 6.30. The zero-order valence-electron chi connectivity index (χ0n) is 10.7. The largest absolute Gasteiger partial charge is 0.474 e. The van der Waals surface area contributed by atoms with Crippen molar-refractivity contribution in [3.8, 4) is 5.88 Å². The van der Waals surface area contributed by atoms with Crippen LogP contribution >= 0.6 is 11.6 Å². The van der Waals surface area contributed by atoms with Crippen molar-refractivity contribution in [2.45, 2.75) is 52.6 Å². The molecule has 2 rings (SSSR count). The van der Waals surface area contributed by atoms with Gasteiger partial charge in [-0.25, -0.2) is 4.98 Å². The second-order valence-corrected chi connectivity index (χ2v) is 5.27. The molecule has 0 saturated heterocycles. The first-order valence-corrected chi connectivity index (χ1v) is 6.63. The van der Waals surface area contributed by atoms with Gasteiger partial charge in [0.25, 0.3) is 0 Å². The Balaban J connectivity index is 2.17. The summed E-state index contributed by atoms with van der Waals surface area (Å²) in [4.78, 5) is 8.46. The summed E-state index contributed by atoms with van der Waals surface area (Å²) in [5, 5.41) is 0.496. The molecule has 0 aliphatic heterocycles. The van der Waals surface area contributed by atoms with Crippen LogP contribution in [0.1, 0.15) is 44.0 Å². The molecular formula is C13H19ClN2O. The molecule has 1 aromatic rings. The van der Waals surface area contributed by atoms with E-state index < -0.39 is 0 Å². The molecule has 0 N–H and O–H groups in total. The Morgan fingerprint density at radius 1 is 1.18 bits per heavy atom. The minimum absolute atomic E-state index is 0.271. The fourth-order valence-corrected chi connectivity index (χ4v) is 2.49. The molecule has 1 fully saturated rings. The van der Waals surface area contributed by atoms with Crippen LogP contribution in [0, 0.1) is 19.8 Å². The minimum Gasteiger partial charge on any atom is -0.474 e. The molecule has 0 radical (unpaired) electrons. The number of halogens is 1. The van der Waals surface area contributed by atoms with E-state index in [-0.39, 0.29) is 6.10 Å². The first-order chi connectivity index (χ1) is 8.08. The zero-order valence-corrected chi connectivity index (χ0v) is 11.4. The van der Waals surface area contributed by atoms with Crippen molar-refractivity contribution < 1.29 is 4.74 Å². The van der Waals surface area contributed by atoms with Gasteiger partial charge in [0.15, 0.2) is 0 Å². The van der Waals surface area contributed by atoms with Crippen LogP contribution in [0.5, 0.6) is 5.88 Å². The molecular weight excluding hydrogens is 236 g/mol. The van der Waals surface area contributed by atoms with E-state index in [9.17, 15) is 0 Å². The molecule has 0 amide bonds. The predicted molar refractivity (Wildman–Crippen MR) is 68.6 cm³/mol. The van der Waals surface area contributed by atoms with Crippen LogP contribution in [0.3, 0.4) is 0 Å². The number of ether oxygens (including phenoxy) is 1. The first-order valence-electron chi connectivity index (χ1n) is 6.25. The van der Waals surface area contributed by atoms with E-state index in [1.807, 2.05) is 13.8 Å². The fraction of sp³-hybridized carbons (Fsp3) is 0.692. The van der Waals surface area contributed by atoms with Crippen LogP contribution in [0.4, 0.5) is 0 Å². The monoisotopic (exact) mass is 254 g/mol.